The van der Waals surface area contributed by atoms with E-state index >= 15 is 0 Å². The molecule has 0 amide bonds. The highest BCUT2D eigenvalue weighted by atomic mass is 79.9. The number of nitrogens with zero attached hydrogens (tertiary/aromatic N) is 1. The molecule has 0 radical (unpaired) electrons. The molecule has 2 nitrogen and oxygen atoms in total. The summed E-state index contributed by atoms with van der Waals surface area (Å²) >= 11 is 3.45. The summed E-state index contributed by atoms with van der Waals surface area (Å²) in [6, 6.07) is 8.82. The van der Waals surface area contributed by atoms with Crippen molar-refractivity contribution in [1.29, 1.82) is 0 Å². The Hall–Kier alpha value is -1.09. The number of benzene rings is 1. The van der Waals surface area contributed by atoms with Crippen LogP contribution in [0.5, 0.6) is 0 Å². The van der Waals surface area contributed by atoms with Crippen molar-refractivity contribution in [2.45, 2.75) is 32.7 Å². The third kappa shape index (κ3) is 2.97. The number of anilines is 1. The number of hydrogen-bond donors (Lipinski definition) is 1. The SMILES string of the molecule is CCCC(C)Nc1cccc2cc(Br)cnc12. The highest BCUT2D eigenvalue weighted by Crippen LogP contribution is 2.24. The van der Waals surface area contributed by atoms with Gasteiger partial charge >= 0.3 is 0 Å². The summed E-state index contributed by atoms with van der Waals surface area (Å²) in [6.45, 7) is 4.41. The van der Waals surface area contributed by atoms with Gasteiger partial charge in [-0.15, -0.1) is 0 Å². The molecular formula is C14H17BrN2. The van der Waals surface area contributed by atoms with Gasteiger partial charge in [0.05, 0.1) is 11.2 Å². The predicted molar refractivity (Wildman–Crippen MR) is 77.4 cm³/mol. The molecule has 1 atom stereocenters. The van der Waals surface area contributed by atoms with Crippen LogP contribution in [0.4, 0.5) is 5.69 Å². The number of nitrogens with one attached hydrogen (secondary N) is 1. The van der Waals surface area contributed by atoms with Crippen molar-refractivity contribution in [3.05, 3.63) is 34.9 Å². The number of halogens is 1. The van der Waals surface area contributed by atoms with Gasteiger partial charge in [0, 0.05) is 22.1 Å². The van der Waals surface area contributed by atoms with E-state index in [4.69, 9.17) is 0 Å². The summed E-state index contributed by atoms with van der Waals surface area (Å²) in [5.41, 5.74) is 2.16. The fourth-order valence-electron chi connectivity index (χ4n) is 2.02. The van der Waals surface area contributed by atoms with Gasteiger partial charge < -0.3 is 5.32 Å². The van der Waals surface area contributed by atoms with E-state index in [1.165, 1.54) is 12.8 Å². The van der Waals surface area contributed by atoms with Crippen molar-refractivity contribution in [3.8, 4) is 0 Å². The number of rotatable bonds is 4. The van der Waals surface area contributed by atoms with Crippen LogP contribution in [0.15, 0.2) is 34.9 Å². The Kier molecular flexibility index (Phi) is 4.00. The molecule has 0 spiro atoms. The quantitative estimate of drug-likeness (QED) is 0.891. The minimum Gasteiger partial charge on any atom is -0.381 e. The lowest BCUT2D eigenvalue weighted by molar-refractivity contribution is 0.691. The van der Waals surface area contributed by atoms with E-state index in [1.807, 2.05) is 6.20 Å². The first-order valence-electron chi connectivity index (χ1n) is 6.01. The molecule has 1 aromatic carbocycles. The highest BCUT2D eigenvalue weighted by Gasteiger charge is 2.05. The van der Waals surface area contributed by atoms with Gasteiger partial charge in [-0.25, -0.2) is 0 Å². The molecule has 0 aliphatic heterocycles. The van der Waals surface area contributed by atoms with Crippen LogP contribution in [0.25, 0.3) is 10.9 Å². The van der Waals surface area contributed by atoms with E-state index in [1.54, 1.807) is 0 Å². The van der Waals surface area contributed by atoms with Gasteiger partial charge in [0.25, 0.3) is 0 Å². The first kappa shape index (κ1) is 12.4. The minimum atomic E-state index is 0.482. The molecule has 2 rings (SSSR count). The Morgan fingerprint density at radius 2 is 2.24 bits per heavy atom. The number of fused-ring (bicyclic) bond motifs is 1. The Labute approximate surface area is 111 Å². The smallest absolute Gasteiger partial charge is 0.0934 e. The average molecular weight is 293 g/mol. The van der Waals surface area contributed by atoms with E-state index in [2.05, 4.69) is 64.3 Å². The summed E-state index contributed by atoms with van der Waals surface area (Å²) < 4.78 is 1.02. The van der Waals surface area contributed by atoms with Crippen LogP contribution in [-0.4, -0.2) is 11.0 Å². The minimum absolute atomic E-state index is 0.482. The van der Waals surface area contributed by atoms with Crippen LogP contribution in [0, 0.1) is 0 Å². The monoisotopic (exact) mass is 292 g/mol. The molecule has 17 heavy (non-hydrogen) atoms. The normalized spacial score (nSPS) is 12.6. The van der Waals surface area contributed by atoms with Gasteiger partial charge in [0.1, 0.15) is 0 Å². The highest BCUT2D eigenvalue weighted by molar-refractivity contribution is 9.10. The molecule has 0 saturated heterocycles. The molecule has 0 bridgehead atoms. The molecule has 1 N–H and O–H groups in total. The van der Waals surface area contributed by atoms with E-state index in [0.717, 1.165) is 21.1 Å². The molecule has 0 saturated carbocycles. The molecule has 0 aliphatic rings. The topological polar surface area (TPSA) is 24.9 Å². The Balaban J connectivity index is 2.34. The molecule has 1 aromatic heterocycles. The number of hydrogen-bond acceptors (Lipinski definition) is 2. The Morgan fingerprint density at radius 3 is 3.00 bits per heavy atom. The fraction of sp³-hybridized carbons (Fsp3) is 0.357. The lowest BCUT2D eigenvalue weighted by Gasteiger charge is -2.15. The average Bonchev–Trinajstić information content (AvgIpc) is 2.29. The number of para-hydroxylation sites is 1. The van der Waals surface area contributed by atoms with Crippen LogP contribution in [0.2, 0.25) is 0 Å². The van der Waals surface area contributed by atoms with Crippen molar-refractivity contribution in [3.63, 3.8) is 0 Å². The maximum absolute atomic E-state index is 4.48. The molecule has 3 heteroatoms. The Bertz CT molecular complexity index is 511. The largest absolute Gasteiger partial charge is 0.381 e. The van der Waals surface area contributed by atoms with Crippen LogP contribution >= 0.6 is 15.9 Å². The summed E-state index contributed by atoms with van der Waals surface area (Å²) in [4.78, 5) is 4.48. The summed E-state index contributed by atoms with van der Waals surface area (Å²) in [6.07, 6.45) is 4.21. The zero-order chi connectivity index (χ0) is 12.3. The van der Waals surface area contributed by atoms with Crippen LogP contribution in [-0.2, 0) is 0 Å². The van der Waals surface area contributed by atoms with Crippen LogP contribution in [0.3, 0.4) is 0 Å². The number of pyridine rings is 1. The maximum atomic E-state index is 4.48. The molecule has 90 valence electrons. The first-order chi connectivity index (χ1) is 8.20. The number of aromatic nitrogens is 1. The van der Waals surface area contributed by atoms with Crippen molar-refractivity contribution in [1.82, 2.24) is 4.98 Å². The van der Waals surface area contributed by atoms with Gasteiger partial charge in [-0.05, 0) is 41.4 Å². The zero-order valence-corrected chi connectivity index (χ0v) is 11.8. The molecule has 2 aromatic rings. The fourth-order valence-corrected chi connectivity index (χ4v) is 2.37. The van der Waals surface area contributed by atoms with Crippen molar-refractivity contribution in [2.24, 2.45) is 0 Å². The van der Waals surface area contributed by atoms with E-state index in [0.29, 0.717) is 6.04 Å². The second-order valence-electron chi connectivity index (χ2n) is 4.36. The third-order valence-electron chi connectivity index (χ3n) is 2.80. The molecule has 1 heterocycles. The van der Waals surface area contributed by atoms with Crippen LogP contribution < -0.4 is 5.32 Å². The van der Waals surface area contributed by atoms with Gasteiger partial charge in [-0.2, -0.15) is 0 Å². The van der Waals surface area contributed by atoms with E-state index in [-0.39, 0.29) is 0 Å². The molecule has 0 aliphatic carbocycles. The molecule has 0 fully saturated rings. The van der Waals surface area contributed by atoms with Crippen molar-refractivity contribution < 1.29 is 0 Å². The molecular weight excluding hydrogens is 276 g/mol. The summed E-state index contributed by atoms with van der Waals surface area (Å²) in [5.74, 6) is 0. The van der Waals surface area contributed by atoms with E-state index in [9.17, 15) is 0 Å². The standard InChI is InChI=1S/C14H17BrN2/c1-3-5-10(2)17-13-7-4-6-11-8-12(15)9-16-14(11)13/h4,6-10,17H,3,5H2,1-2H3. The predicted octanol–water partition coefficient (Wildman–Crippen LogP) is 4.60. The van der Waals surface area contributed by atoms with Crippen molar-refractivity contribution in [2.75, 3.05) is 5.32 Å². The Morgan fingerprint density at radius 1 is 1.41 bits per heavy atom. The third-order valence-corrected chi connectivity index (χ3v) is 3.23. The van der Waals surface area contributed by atoms with Crippen molar-refractivity contribution >= 4 is 32.5 Å². The van der Waals surface area contributed by atoms with Gasteiger partial charge in [0.2, 0.25) is 0 Å². The second kappa shape index (κ2) is 5.50. The lowest BCUT2D eigenvalue weighted by Crippen LogP contribution is -2.14. The second-order valence-corrected chi connectivity index (χ2v) is 5.28. The zero-order valence-electron chi connectivity index (χ0n) is 10.2. The first-order valence-corrected chi connectivity index (χ1v) is 6.81. The summed E-state index contributed by atoms with van der Waals surface area (Å²) in [5, 5.41) is 4.69. The van der Waals surface area contributed by atoms with Crippen LogP contribution in [0.1, 0.15) is 26.7 Å². The lowest BCUT2D eigenvalue weighted by atomic mass is 10.1. The van der Waals surface area contributed by atoms with Gasteiger partial charge in [-0.1, -0.05) is 25.5 Å². The van der Waals surface area contributed by atoms with E-state index < -0.39 is 0 Å². The summed E-state index contributed by atoms with van der Waals surface area (Å²) in [7, 11) is 0. The van der Waals surface area contributed by atoms with Gasteiger partial charge in [0.15, 0.2) is 0 Å². The maximum Gasteiger partial charge on any atom is 0.0934 e. The molecule has 1 unspecified atom stereocenters. The van der Waals surface area contributed by atoms with Gasteiger partial charge in [-0.3, -0.25) is 4.98 Å².